The molecule has 22 heavy (non-hydrogen) atoms. The number of hydrogen-bond acceptors (Lipinski definition) is 5. The molecule has 2 aromatic heterocycles. The van der Waals surface area contributed by atoms with Crippen LogP contribution in [-0.4, -0.2) is 15.2 Å². The number of rotatable bonds is 6. The number of hydrogen-bond donors (Lipinski definition) is 0. The third kappa shape index (κ3) is 3.43. The van der Waals surface area contributed by atoms with Gasteiger partial charge in [-0.2, -0.15) is 0 Å². The minimum Gasteiger partial charge on any atom is -0.411 e. The van der Waals surface area contributed by atoms with E-state index in [-0.39, 0.29) is 5.25 Å². The lowest BCUT2D eigenvalue weighted by molar-refractivity contribution is 0.464. The van der Waals surface area contributed by atoms with E-state index in [4.69, 9.17) is 4.42 Å². The van der Waals surface area contributed by atoms with E-state index < -0.39 is 0 Å². The molecule has 3 rings (SSSR count). The second-order valence-electron chi connectivity index (χ2n) is 4.65. The third-order valence-electron chi connectivity index (χ3n) is 3.13. The van der Waals surface area contributed by atoms with Gasteiger partial charge < -0.3 is 4.42 Å². The van der Waals surface area contributed by atoms with Crippen LogP contribution in [0.3, 0.4) is 0 Å². The second kappa shape index (κ2) is 7.04. The van der Waals surface area contributed by atoms with Crippen molar-refractivity contribution in [2.45, 2.75) is 16.9 Å². The van der Waals surface area contributed by atoms with Gasteiger partial charge in [-0.1, -0.05) is 48.2 Å². The number of allylic oxidation sites excluding steroid dienone is 1. The maximum absolute atomic E-state index is 5.75. The Kier molecular flexibility index (Phi) is 4.65. The predicted octanol–water partition coefficient (Wildman–Crippen LogP) is 4.54. The summed E-state index contributed by atoms with van der Waals surface area (Å²) >= 11 is 1.55. The molecule has 0 radical (unpaired) electrons. The summed E-state index contributed by atoms with van der Waals surface area (Å²) in [7, 11) is 0. The van der Waals surface area contributed by atoms with Crippen molar-refractivity contribution in [3.63, 3.8) is 0 Å². The van der Waals surface area contributed by atoms with Gasteiger partial charge in [0, 0.05) is 23.2 Å². The van der Waals surface area contributed by atoms with Crippen LogP contribution in [0.5, 0.6) is 0 Å². The van der Waals surface area contributed by atoms with Crippen molar-refractivity contribution in [1.82, 2.24) is 15.2 Å². The summed E-state index contributed by atoms with van der Waals surface area (Å²) in [6.45, 7) is 3.83. The lowest BCUT2D eigenvalue weighted by atomic mass is 10.1. The van der Waals surface area contributed by atoms with Crippen LogP contribution in [0, 0.1) is 0 Å². The van der Waals surface area contributed by atoms with Gasteiger partial charge in [0.2, 0.25) is 5.89 Å². The highest BCUT2D eigenvalue weighted by atomic mass is 32.2. The van der Waals surface area contributed by atoms with Crippen LogP contribution in [0.15, 0.2) is 77.2 Å². The average molecular weight is 309 g/mol. The molecule has 0 aliphatic heterocycles. The van der Waals surface area contributed by atoms with Gasteiger partial charge >= 0.3 is 0 Å². The fourth-order valence-electron chi connectivity index (χ4n) is 2.06. The number of nitrogens with zero attached hydrogens (tertiary/aromatic N) is 3. The second-order valence-corrected chi connectivity index (χ2v) is 5.80. The smallest absolute Gasteiger partial charge is 0.277 e. The zero-order valence-electron chi connectivity index (χ0n) is 11.9. The molecule has 0 spiro atoms. The Labute approximate surface area is 133 Å². The number of thioether (sulfide) groups is 1. The molecule has 1 unspecified atom stereocenters. The standard InChI is InChI=1S/C17H15N3OS/c1-2-6-15(13-7-4-3-5-8-13)22-17-20-19-16(21-17)14-9-11-18-12-10-14/h2-5,7-12,15H,1,6H2. The fourth-order valence-corrected chi connectivity index (χ4v) is 3.05. The Hall–Kier alpha value is -2.40. The summed E-state index contributed by atoms with van der Waals surface area (Å²) in [6, 6.07) is 14.0. The minimum atomic E-state index is 0.212. The molecule has 0 saturated heterocycles. The van der Waals surface area contributed by atoms with E-state index in [0.717, 1.165) is 12.0 Å². The van der Waals surface area contributed by atoms with Crippen LogP contribution in [0.2, 0.25) is 0 Å². The fraction of sp³-hybridized carbons (Fsp3) is 0.118. The van der Waals surface area contributed by atoms with Crippen LogP contribution in [0.4, 0.5) is 0 Å². The Morgan fingerprint density at radius 3 is 2.59 bits per heavy atom. The first kappa shape index (κ1) is 14.5. The first-order valence-corrected chi connectivity index (χ1v) is 7.81. The van der Waals surface area contributed by atoms with Gasteiger partial charge in [0.25, 0.3) is 5.22 Å². The lowest BCUT2D eigenvalue weighted by Gasteiger charge is -2.12. The van der Waals surface area contributed by atoms with Gasteiger partial charge in [0.05, 0.1) is 0 Å². The van der Waals surface area contributed by atoms with Crippen molar-refractivity contribution in [2.24, 2.45) is 0 Å². The number of pyridine rings is 1. The molecule has 0 saturated carbocycles. The van der Waals surface area contributed by atoms with Crippen LogP contribution in [-0.2, 0) is 0 Å². The Balaban J connectivity index is 1.79. The number of aromatic nitrogens is 3. The molecule has 0 amide bonds. The Morgan fingerprint density at radius 2 is 1.86 bits per heavy atom. The van der Waals surface area contributed by atoms with Crippen molar-refractivity contribution < 1.29 is 4.42 Å². The van der Waals surface area contributed by atoms with E-state index in [2.05, 4.69) is 33.9 Å². The summed E-state index contributed by atoms with van der Waals surface area (Å²) in [5, 5.41) is 9.00. The quantitative estimate of drug-likeness (QED) is 0.494. The first-order chi connectivity index (χ1) is 10.9. The summed E-state index contributed by atoms with van der Waals surface area (Å²) in [6.07, 6.45) is 6.15. The van der Waals surface area contributed by atoms with E-state index in [1.807, 2.05) is 36.4 Å². The van der Waals surface area contributed by atoms with Crippen LogP contribution in [0.1, 0.15) is 17.2 Å². The van der Waals surface area contributed by atoms with E-state index >= 15 is 0 Å². The van der Waals surface area contributed by atoms with Gasteiger partial charge in [-0.3, -0.25) is 4.98 Å². The maximum Gasteiger partial charge on any atom is 0.277 e. The molecule has 1 atom stereocenters. The highest BCUT2D eigenvalue weighted by Gasteiger charge is 2.16. The zero-order valence-corrected chi connectivity index (χ0v) is 12.7. The molecule has 3 aromatic rings. The maximum atomic E-state index is 5.75. The van der Waals surface area contributed by atoms with E-state index in [1.165, 1.54) is 5.56 Å². The molecule has 110 valence electrons. The van der Waals surface area contributed by atoms with Crippen molar-refractivity contribution in [3.8, 4) is 11.5 Å². The van der Waals surface area contributed by atoms with Gasteiger partial charge in [-0.25, -0.2) is 0 Å². The summed E-state index contributed by atoms with van der Waals surface area (Å²) < 4.78 is 5.75. The average Bonchev–Trinajstić information content (AvgIpc) is 3.05. The zero-order chi connectivity index (χ0) is 15.2. The van der Waals surface area contributed by atoms with Crippen molar-refractivity contribution in [2.75, 3.05) is 0 Å². The Bertz CT molecular complexity index is 728. The van der Waals surface area contributed by atoms with Crippen LogP contribution < -0.4 is 0 Å². The summed E-state index contributed by atoms with van der Waals surface area (Å²) in [5.41, 5.74) is 2.09. The Morgan fingerprint density at radius 1 is 1.09 bits per heavy atom. The molecule has 1 aromatic carbocycles. The summed E-state index contributed by atoms with van der Waals surface area (Å²) in [4.78, 5) is 3.98. The molecule has 0 N–H and O–H groups in total. The molecule has 2 heterocycles. The van der Waals surface area contributed by atoms with Gasteiger partial charge in [0.1, 0.15) is 0 Å². The van der Waals surface area contributed by atoms with Crippen LogP contribution in [0.25, 0.3) is 11.5 Å². The predicted molar refractivity (Wildman–Crippen MR) is 87.4 cm³/mol. The molecule has 5 heteroatoms. The van der Waals surface area contributed by atoms with E-state index in [9.17, 15) is 0 Å². The number of benzene rings is 1. The van der Waals surface area contributed by atoms with Crippen molar-refractivity contribution >= 4 is 11.8 Å². The third-order valence-corrected chi connectivity index (χ3v) is 4.24. The topological polar surface area (TPSA) is 51.8 Å². The van der Waals surface area contributed by atoms with E-state index in [1.54, 1.807) is 24.2 Å². The minimum absolute atomic E-state index is 0.212. The highest BCUT2D eigenvalue weighted by Crippen LogP contribution is 2.38. The molecule has 4 nitrogen and oxygen atoms in total. The largest absolute Gasteiger partial charge is 0.411 e. The highest BCUT2D eigenvalue weighted by molar-refractivity contribution is 7.99. The SMILES string of the molecule is C=CCC(Sc1nnc(-c2ccncc2)o1)c1ccccc1. The van der Waals surface area contributed by atoms with E-state index in [0.29, 0.717) is 11.1 Å². The van der Waals surface area contributed by atoms with Crippen molar-refractivity contribution in [3.05, 3.63) is 73.1 Å². The molecule has 0 aliphatic carbocycles. The molecule has 0 aliphatic rings. The molecule has 0 fully saturated rings. The normalized spacial score (nSPS) is 12.0. The summed E-state index contributed by atoms with van der Waals surface area (Å²) in [5.74, 6) is 0.510. The monoisotopic (exact) mass is 309 g/mol. The van der Waals surface area contributed by atoms with Gasteiger partial charge in [-0.05, 0) is 24.1 Å². The first-order valence-electron chi connectivity index (χ1n) is 6.93. The van der Waals surface area contributed by atoms with Crippen LogP contribution >= 0.6 is 11.8 Å². The molecular formula is C17H15N3OS. The molecule has 0 bridgehead atoms. The molecular weight excluding hydrogens is 294 g/mol. The van der Waals surface area contributed by atoms with Crippen molar-refractivity contribution in [1.29, 1.82) is 0 Å². The van der Waals surface area contributed by atoms with Gasteiger partial charge in [0.15, 0.2) is 0 Å². The van der Waals surface area contributed by atoms with Gasteiger partial charge in [-0.15, -0.1) is 16.8 Å². The lowest BCUT2D eigenvalue weighted by Crippen LogP contribution is -1.92.